The number of carbonyl (C=O) groups is 1. The summed E-state index contributed by atoms with van der Waals surface area (Å²) in [6.07, 6.45) is -0.672. The summed E-state index contributed by atoms with van der Waals surface area (Å²) in [5.74, 6) is -0.767. The molecule has 96 valence electrons. The summed E-state index contributed by atoms with van der Waals surface area (Å²) in [4.78, 5) is 11.0. The zero-order valence-electron chi connectivity index (χ0n) is 9.86. The second-order valence-corrected chi connectivity index (χ2v) is 4.83. The predicted octanol–water partition coefficient (Wildman–Crippen LogP) is 1.37. The maximum atomic E-state index is 11.2. The van der Waals surface area contributed by atoms with Gasteiger partial charge in [0.25, 0.3) is 10.1 Å². The summed E-state index contributed by atoms with van der Waals surface area (Å²) >= 11 is 0. The molecule has 3 N–H and O–H groups in total. The van der Waals surface area contributed by atoms with Crippen LogP contribution < -0.4 is 6.15 Å². The van der Waals surface area contributed by atoms with Gasteiger partial charge in [-0.15, -0.1) is 0 Å². The molecule has 1 atom stereocenters. The standard InChI is InChI=1S/C9H16O5S.H3N/c1-5-6-15(11,12)14-8(4)13-9(10)7(2)3;/h8H,2,5-6H2,1,3-4H3;1H3. The highest BCUT2D eigenvalue weighted by Gasteiger charge is 2.18. The topological polar surface area (TPSA) is 105 Å². The lowest BCUT2D eigenvalue weighted by Crippen LogP contribution is -2.23. The minimum Gasteiger partial charge on any atom is -0.431 e. The van der Waals surface area contributed by atoms with E-state index in [4.69, 9.17) is 0 Å². The molecule has 0 amide bonds. The van der Waals surface area contributed by atoms with Crippen molar-refractivity contribution in [3.05, 3.63) is 12.2 Å². The summed E-state index contributed by atoms with van der Waals surface area (Å²) in [6.45, 7) is 7.88. The van der Waals surface area contributed by atoms with Gasteiger partial charge in [0.1, 0.15) is 0 Å². The van der Waals surface area contributed by atoms with E-state index in [1.165, 1.54) is 13.8 Å². The molecule has 0 rings (SSSR count). The Balaban J connectivity index is 0. The molecule has 0 saturated heterocycles. The molecule has 0 aromatic carbocycles. The van der Waals surface area contributed by atoms with Crippen LogP contribution in [-0.2, 0) is 23.8 Å². The molecular formula is C9H19NO5S. The minimum absolute atomic E-state index is 0. The molecule has 0 aromatic heterocycles. The summed E-state index contributed by atoms with van der Waals surface area (Å²) in [5.41, 5.74) is 0.193. The minimum atomic E-state index is -3.61. The smallest absolute Gasteiger partial charge is 0.335 e. The molecule has 0 aliphatic heterocycles. The first-order valence-electron chi connectivity index (χ1n) is 4.56. The van der Waals surface area contributed by atoms with E-state index < -0.39 is 22.4 Å². The maximum absolute atomic E-state index is 11.2. The monoisotopic (exact) mass is 253 g/mol. The van der Waals surface area contributed by atoms with Gasteiger partial charge in [-0.2, -0.15) is 8.42 Å². The third-order valence-corrected chi connectivity index (χ3v) is 2.83. The van der Waals surface area contributed by atoms with Gasteiger partial charge in [0, 0.05) is 5.57 Å². The lowest BCUT2D eigenvalue weighted by Gasteiger charge is -2.13. The van der Waals surface area contributed by atoms with E-state index in [-0.39, 0.29) is 17.5 Å². The summed E-state index contributed by atoms with van der Waals surface area (Å²) in [7, 11) is -3.61. The van der Waals surface area contributed by atoms with E-state index in [2.05, 4.69) is 15.5 Å². The van der Waals surface area contributed by atoms with Crippen molar-refractivity contribution in [3.63, 3.8) is 0 Å². The number of hydrogen-bond donors (Lipinski definition) is 1. The van der Waals surface area contributed by atoms with E-state index in [1.807, 2.05) is 0 Å². The van der Waals surface area contributed by atoms with Crippen LogP contribution >= 0.6 is 0 Å². The van der Waals surface area contributed by atoms with Crippen LogP contribution in [0.1, 0.15) is 27.2 Å². The van der Waals surface area contributed by atoms with E-state index in [9.17, 15) is 13.2 Å². The summed E-state index contributed by atoms with van der Waals surface area (Å²) < 4.78 is 31.6. The van der Waals surface area contributed by atoms with Crippen molar-refractivity contribution in [2.45, 2.75) is 33.5 Å². The van der Waals surface area contributed by atoms with Crippen molar-refractivity contribution in [1.29, 1.82) is 0 Å². The number of ether oxygens (including phenoxy) is 1. The van der Waals surface area contributed by atoms with Gasteiger partial charge in [-0.05, 0) is 20.3 Å². The Morgan fingerprint density at radius 3 is 2.31 bits per heavy atom. The molecule has 0 saturated carbocycles. The normalized spacial score (nSPS) is 12.4. The Hall–Kier alpha value is -0.920. The average Bonchev–Trinajstić information content (AvgIpc) is 2.01. The zero-order chi connectivity index (χ0) is 12.1. The number of rotatable bonds is 6. The largest absolute Gasteiger partial charge is 0.431 e. The highest BCUT2D eigenvalue weighted by atomic mass is 32.2. The maximum Gasteiger partial charge on any atom is 0.335 e. The van der Waals surface area contributed by atoms with Gasteiger partial charge in [0.15, 0.2) is 0 Å². The van der Waals surface area contributed by atoms with Crippen LogP contribution in [0.5, 0.6) is 0 Å². The van der Waals surface area contributed by atoms with Gasteiger partial charge in [0.05, 0.1) is 5.75 Å². The van der Waals surface area contributed by atoms with Crippen molar-refractivity contribution in [2.75, 3.05) is 5.75 Å². The van der Waals surface area contributed by atoms with Crippen molar-refractivity contribution in [1.82, 2.24) is 6.15 Å². The van der Waals surface area contributed by atoms with E-state index in [0.717, 1.165) is 0 Å². The first-order chi connectivity index (χ1) is 6.78. The fraction of sp³-hybridized carbons (Fsp3) is 0.667. The van der Waals surface area contributed by atoms with Crippen LogP contribution in [0.3, 0.4) is 0 Å². The Bertz CT molecular complexity index is 336. The van der Waals surface area contributed by atoms with E-state index in [0.29, 0.717) is 6.42 Å². The van der Waals surface area contributed by atoms with Gasteiger partial charge in [-0.1, -0.05) is 13.5 Å². The van der Waals surface area contributed by atoms with Crippen molar-refractivity contribution >= 4 is 16.1 Å². The Morgan fingerprint density at radius 1 is 1.44 bits per heavy atom. The number of carbonyl (C=O) groups excluding carboxylic acids is 1. The molecule has 1 unspecified atom stereocenters. The molecule has 7 heteroatoms. The molecule has 16 heavy (non-hydrogen) atoms. The highest BCUT2D eigenvalue weighted by molar-refractivity contribution is 7.86. The SMILES string of the molecule is C=C(C)C(=O)OC(C)OS(=O)(=O)CCC.N. The predicted molar refractivity (Wildman–Crippen MR) is 60.6 cm³/mol. The third-order valence-electron chi connectivity index (χ3n) is 1.36. The van der Waals surface area contributed by atoms with Crippen LogP contribution in [0.15, 0.2) is 12.2 Å². The number of hydrogen-bond acceptors (Lipinski definition) is 6. The second kappa shape index (κ2) is 7.37. The van der Waals surface area contributed by atoms with Gasteiger partial charge >= 0.3 is 5.97 Å². The van der Waals surface area contributed by atoms with Crippen LogP contribution in [0.25, 0.3) is 0 Å². The molecule has 0 aromatic rings. The Kier molecular flexibility index (Phi) is 8.05. The average molecular weight is 253 g/mol. The first kappa shape index (κ1) is 17.5. The fourth-order valence-corrected chi connectivity index (χ4v) is 1.82. The number of esters is 1. The fourth-order valence-electron chi connectivity index (χ4n) is 0.776. The van der Waals surface area contributed by atoms with Gasteiger partial charge in [-0.25, -0.2) is 8.98 Å². The van der Waals surface area contributed by atoms with Crippen LogP contribution in [0, 0.1) is 0 Å². The highest BCUT2D eigenvalue weighted by Crippen LogP contribution is 2.05. The van der Waals surface area contributed by atoms with Crippen LogP contribution in [0.4, 0.5) is 0 Å². The molecule has 0 heterocycles. The van der Waals surface area contributed by atoms with Crippen LogP contribution in [0.2, 0.25) is 0 Å². The van der Waals surface area contributed by atoms with Gasteiger partial charge in [0.2, 0.25) is 6.29 Å². The first-order valence-corrected chi connectivity index (χ1v) is 6.13. The van der Waals surface area contributed by atoms with Gasteiger partial charge in [-0.3, -0.25) is 0 Å². The summed E-state index contributed by atoms with van der Waals surface area (Å²) in [6, 6.07) is 0. The molecule has 0 bridgehead atoms. The van der Waals surface area contributed by atoms with E-state index >= 15 is 0 Å². The Morgan fingerprint density at radius 2 is 1.94 bits per heavy atom. The molecule has 0 radical (unpaired) electrons. The van der Waals surface area contributed by atoms with Crippen molar-refractivity contribution in [3.8, 4) is 0 Å². The third kappa shape index (κ3) is 7.38. The molecule has 0 spiro atoms. The Labute approximate surface area is 96.3 Å². The second-order valence-electron chi connectivity index (χ2n) is 3.11. The molecule has 0 fully saturated rings. The zero-order valence-corrected chi connectivity index (χ0v) is 10.7. The molecule has 0 aliphatic rings. The molecular weight excluding hydrogens is 234 g/mol. The molecule has 0 aliphatic carbocycles. The van der Waals surface area contributed by atoms with Crippen molar-refractivity contribution < 1.29 is 22.1 Å². The lowest BCUT2D eigenvalue weighted by atomic mass is 10.4. The van der Waals surface area contributed by atoms with Gasteiger partial charge < -0.3 is 10.9 Å². The summed E-state index contributed by atoms with van der Waals surface area (Å²) in [5, 5.41) is 0. The quantitative estimate of drug-likeness (QED) is 0.332. The van der Waals surface area contributed by atoms with Crippen molar-refractivity contribution in [2.24, 2.45) is 0 Å². The van der Waals surface area contributed by atoms with Crippen LogP contribution in [-0.4, -0.2) is 26.4 Å². The molecule has 6 nitrogen and oxygen atoms in total. The lowest BCUT2D eigenvalue weighted by molar-refractivity contribution is -0.155. The van der Waals surface area contributed by atoms with E-state index in [1.54, 1.807) is 6.92 Å².